The summed E-state index contributed by atoms with van der Waals surface area (Å²) in [5.74, 6) is -0.673. The molecule has 0 saturated heterocycles. The smallest absolute Gasteiger partial charge is 0.337 e. The molecule has 0 radical (unpaired) electrons. The van der Waals surface area contributed by atoms with Gasteiger partial charge in [-0.3, -0.25) is 20.2 Å². The van der Waals surface area contributed by atoms with Gasteiger partial charge >= 0.3 is 5.97 Å². The Bertz CT molecular complexity index is 1620. The molecular formula is C31H26N4O6. The molecule has 0 unspecified atom stereocenters. The van der Waals surface area contributed by atoms with Gasteiger partial charge in [0, 0.05) is 35.6 Å². The van der Waals surface area contributed by atoms with Crippen LogP contribution in [0, 0.1) is 20.2 Å². The first kappa shape index (κ1) is 27.1. The number of nitrogens with zero attached hydrogens (tertiary/aromatic N) is 3. The van der Waals surface area contributed by atoms with Crippen LogP contribution in [-0.4, -0.2) is 22.9 Å². The van der Waals surface area contributed by atoms with E-state index in [4.69, 9.17) is 4.74 Å². The summed E-state index contributed by atoms with van der Waals surface area (Å²) < 4.78 is 5.26. The first-order chi connectivity index (χ1) is 19.9. The van der Waals surface area contributed by atoms with Crippen molar-refractivity contribution < 1.29 is 19.4 Å². The van der Waals surface area contributed by atoms with Gasteiger partial charge in [-0.1, -0.05) is 66.7 Å². The van der Waals surface area contributed by atoms with Gasteiger partial charge in [-0.15, -0.1) is 0 Å². The van der Waals surface area contributed by atoms with E-state index in [2.05, 4.69) is 5.32 Å². The number of hydrogen-bond acceptors (Lipinski definition) is 8. The summed E-state index contributed by atoms with van der Waals surface area (Å²) in [4.78, 5) is 39.0. The summed E-state index contributed by atoms with van der Waals surface area (Å²) in [5, 5.41) is 27.8. The summed E-state index contributed by atoms with van der Waals surface area (Å²) >= 11 is 0. The van der Waals surface area contributed by atoms with Gasteiger partial charge in [0.25, 0.3) is 11.4 Å². The van der Waals surface area contributed by atoms with Crippen LogP contribution in [0.3, 0.4) is 0 Å². The van der Waals surface area contributed by atoms with Gasteiger partial charge in [-0.05, 0) is 30.3 Å². The lowest BCUT2D eigenvalue weighted by Crippen LogP contribution is -2.42. The minimum atomic E-state index is -1.03. The molecule has 0 amide bonds. The Morgan fingerprint density at radius 1 is 0.780 bits per heavy atom. The highest BCUT2D eigenvalue weighted by Crippen LogP contribution is 2.50. The molecule has 0 aromatic heterocycles. The number of carbonyl (C=O) groups excluding carboxylic acids is 1. The number of nitro groups is 2. The van der Waals surface area contributed by atoms with Crippen LogP contribution in [0.5, 0.6) is 0 Å². The largest absolute Gasteiger partial charge is 0.466 e. The second-order valence-electron chi connectivity index (χ2n) is 9.37. The molecule has 0 fully saturated rings. The Kier molecular flexibility index (Phi) is 7.73. The van der Waals surface area contributed by atoms with Crippen LogP contribution in [0.15, 0.2) is 120 Å². The van der Waals surface area contributed by atoms with Crippen molar-refractivity contribution in [3.63, 3.8) is 0 Å². The number of ether oxygens (including phenoxy) is 1. The molecule has 1 aliphatic heterocycles. The molecule has 0 bridgehead atoms. The van der Waals surface area contributed by atoms with Crippen molar-refractivity contribution in [1.82, 2.24) is 0 Å². The van der Waals surface area contributed by atoms with E-state index in [1.807, 2.05) is 65.6 Å². The van der Waals surface area contributed by atoms with E-state index in [0.717, 1.165) is 0 Å². The molecule has 5 rings (SSSR count). The summed E-state index contributed by atoms with van der Waals surface area (Å²) in [5.41, 5.74) is 2.28. The van der Waals surface area contributed by atoms with Crippen LogP contribution in [0.25, 0.3) is 0 Å². The molecule has 206 valence electrons. The van der Waals surface area contributed by atoms with Crippen LogP contribution in [0.1, 0.15) is 29.6 Å². The van der Waals surface area contributed by atoms with Gasteiger partial charge in [-0.25, -0.2) is 4.79 Å². The minimum Gasteiger partial charge on any atom is -0.466 e. The van der Waals surface area contributed by atoms with E-state index >= 15 is 0 Å². The van der Waals surface area contributed by atoms with E-state index in [1.54, 1.807) is 36.4 Å². The van der Waals surface area contributed by atoms with E-state index in [0.29, 0.717) is 22.6 Å². The topological polar surface area (TPSA) is 128 Å². The fourth-order valence-corrected chi connectivity index (χ4v) is 5.36. The zero-order valence-electron chi connectivity index (χ0n) is 22.0. The molecular weight excluding hydrogens is 524 g/mol. The van der Waals surface area contributed by atoms with Crippen molar-refractivity contribution in [3.05, 3.63) is 152 Å². The van der Waals surface area contributed by atoms with E-state index in [9.17, 15) is 25.0 Å². The van der Waals surface area contributed by atoms with Crippen LogP contribution < -0.4 is 10.2 Å². The van der Waals surface area contributed by atoms with Gasteiger partial charge in [-0.2, -0.15) is 0 Å². The van der Waals surface area contributed by atoms with Gasteiger partial charge in [0.05, 0.1) is 45.7 Å². The fourth-order valence-electron chi connectivity index (χ4n) is 5.36. The predicted octanol–water partition coefficient (Wildman–Crippen LogP) is 6.73. The molecule has 0 saturated carbocycles. The zero-order valence-corrected chi connectivity index (χ0v) is 22.0. The van der Waals surface area contributed by atoms with E-state index in [-0.39, 0.29) is 28.9 Å². The first-order valence-corrected chi connectivity index (χ1v) is 12.8. The maximum atomic E-state index is 13.6. The Morgan fingerprint density at radius 2 is 1.29 bits per heavy atom. The number of nitro benzene ring substituents is 2. The molecule has 1 aliphatic rings. The van der Waals surface area contributed by atoms with Crippen molar-refractivity contribution >= 4 is 28.7 Å². The summed E-state index contributed by atoms with van der Waals surface area (Å²) in [6.45, 7) is 0. The van der Waals surface area contributed by atoms with Crippen LogP contribution in [-0.2, 0) is 9.53 Å². The molecule has 0 aliphatic carbocycles. The monoisotopic (exact) mass is 550 g/mol. The normalized spacial score (nSPS) is 16.7. The number of anilines is 2. The third-order valence-corrected chi connectivity index (χ3v) is 7.06. The molecule has 1 N–H and O–H groups in total. The fraction of sp³-hybridized carbons (Fsp3) is 0.129. The molecule has 2 atom stereocenters. The van der Waals surface area contributed by atoms with Crippen molar-refractivity contribution in [2.24, 2.45) is 0 Å². The number of methoxy groups -OCH3 is 1. The third kappa shape index (κ3) is 5.35. The third-order valence-electron chi connectivity index (χ3n) is 7.06. The van der Waals surface area contributed by atoms with Crippen LogP contribution in [0.4, 0.5) is 22.7 Å². The lowest BCUT2D eigenvalue weighted by Gasteiger charge is -2.45. The number of rotatable bonds is 8. The second-order valence-corrected chi connectivity index (χ2v) is 9.37. The second kappa shape index (κ2) is 11.7. The maximum absolute atomic E-state index is 13.6. The highest BCUT2D eigenvalue weighted by molar-refractivity contribution is 5.94. The summed E-state index contributed by atoms with van der Waals surface area (Å²) in [7, 11) is 1.26. The lowest BCUT2D eigenvalue weighted by molar-refractivity contribution is -0.385. The summed E-state index contributed by atoms with van der Waals surface area (Å²) in [6, 6.07) is 29.1. The van der Waals surface area contributed by atoms with Gasteiger partial charge in [0.2, 0.25) is 0 Å². The van der Waals surface area contributed by atoms with Crippen molar-refractivity contribution in [2.45, 2.75) is 18.5 Å². The van der Waals surface area contributed by atoms with Gasteiger partial charge < -0.3 is 15.0 Å². The zero-order chi connectivity index (χ0) is 28.9. The molecule has 10 nitrogen and oxygen atoms in total. The highest BCUT2D eigenvalue weighted by Gasteiger charge is 2.45. The molecule has 0 spiro atoms. The maximum Gasteiger partial charge on any atom is 0.337 e. The van der Waals surface area contributed by atoms with Crippen LogP contribution in [0.2, 0.25) is 0 Å². The first-order valence-electron chi connectivity index (χ1n) is 12.8. The average molecular weight is 551 g/mol. The quantitative estimate of drug-likeness (QED) is 0.145. The average Bonchev–Trinajstić information content (AvgIpc) is 3.01. The Hall–Kier alpha value is -5.51. The molecule has 4 aromatic carbocycles. The molecule has 41 heavy (non-hydrogen) atoms. The Labute approximate surface area is 235 Å². The highest BCUT2D eigenvalue weighted by atomic mass is 16.6. The number of benzene rings is 4. The molecule has 4 aromatic rings. The number of esters is 1. The molecule has 1 heterocycles. The predicted molar refractivity (Wildman–Crippen MR) is 154 cm³/mol. The SMILES string of the molecule is COC(=O)C1=C(Nc2ccccc2)C[C@@H](c2ccccc2[N+](=O)[O-])N(c2ccccc2)[C@@H]1c1ccccc1[N+](=O)[O-]. The number of hydrogen-bond donors (Lipinski definition) is 1. The van der Waals surface area contributed by atoms with Crippen molar-refractivity contribution in [1.29, 1.82) is 0 Å². The van der Waals surface area contributed by atoms with E-state index < -0.39 is 27.9 Å². The summed E-state index contributed by atoms with van der Waals surface area (Å²) in [6.07, 6.45) is 0.149. The van der Waals surface area contributed by atoms with Crippen LogP contribution >= 0.6 is 0 Å². The Balaban J connectivity index is 1.87. The van der Waals surface area contributed by atoms with Crippen molar-refractivity contribution in [3.8, 4) is 0 Å². The van der Waals surface area contributed by atoms with Gasteiger partial charge in [0.1, 0.15) is 0 Å². The van der Waals surface area contributed by atoms with E-state index in [1.165, 1.54) is 19.2 Å². The Morgan fingerprint density at radius 3 is 1.88 bits per heavy atom. The standard InChI is InChI=1S/C31H26N4O6/c1-41-31(36)29-25(32-21-12-4-2-5-13-21)20-28(23-16-8-10-18-26(23)34(37)38)33(22-14-6-3-7-15-22)30(29)24-17-9-11-19-27(24)35(39)40/h2-19,28,30,32H,20H2,1H3/t28-,30+/m0/s1. The lowest BCUT2D eigenvalue weighted by atomic mass is 9.83. The van der Waals surface area contributed by atoms with Gasteiger partial charge in [0.15, 0.2) is 0 Å². The number of nitrogens with one attached hydrogen (secondary N) is 1. The number of carbonyl (C=O) groups is 1. The van der Waals surface area contributed by atoms with Crippen molar-refractivity contribution in [2.75, 3.05) is 17.3 Å². The minimum absolute atomic E-state index is 0.0969. The number of para-hydroxylation sites is 4. The molecule has 10 heteroatoms.